The Balaban J connectivity index is 2.83. The van der Waals surface area contributed by atoms with Gasteiger partial charge in [-0.25, -0.2) is 4.39 Å². The van der Waals surface area contributed by atoms with E-state index in [0.29, 0.717) is 6.54 Å². The molecule has 0 spiro atoms. The molecule has 1 rings (SSSR count). The van der Waals surface area contributed by atoms with Crippen molar-refractivity contribution in [1.29, 1.82) is 0 Å². The summed E-state index contributed by atoms with van der Waals surface area (Å²) in [6.45, 7) is 4.24. The van der Waals surface area contributed by atoms with Crippen molar-refractivity contribution in [2.45, 2.75) is 20.4 Å². The normalized spacial score (nSPS) is 10.3. The summed E-state index contributed by atoms with van der Waals surface area (Å²) in [4.78, 5) is 0. The molecule has 0 fully saturated rings. The summed E-state index contributed by atoms with van der Waals surface area (Å²) in [5.41, 5.74) is 2.39. The van der Waals surface area contributed by atoms with Gasteiger partial charge in [0.2, 0.25) is 0 Å². The molecule has 0 aliphatic heterocycles. The predicted molar refractivity (Wildman–Crippen MR) is 39.9 cm³/mol. The van der Waals surface area contributed by atoms with Gasteiger partial charge in [-0.3, -0.25) is 0 Å². The van der Waals surface area contributed by atoms with Crippen LogP contribution in [-0.2, 0) is 6.54 Å². The molecule has 1 nitrogen and oxygen atoms in total. The number of rotatable bonds is 2. The van der Waals surface area contributed by atoms with Crippen LogP contribution < -0.4 is 0 Å². The van der Waals surface area contributed by atoms with Crippen LogP contribution in [0.4, 0.5) is 4.39 Å². The molecule has 56 valence electrons. The van der Waals surface area contributed by atoms with E-state index in [2.05, 4.69) is 0 Å². The highest BCUT2D eigenvalue weighted by Crippen LogP contribution is 2.07. The quantitative estimate of drug-likeness (QED) is 0.594. The first kappa shape index (κ1) is 7.32. The third kappa shape index (κ3) is 1.20. The maximum atomic E-state index is 11.8. The van der Waals surface area contributed by atoms with Crippen LogP contribution in [0.15, 0.2) is 12.3 Å². The first-order valence-electron chi connectivity index (χ1n) is 3.44. The fraction of sp³-hybridized carbons (Fsp3) is 0.500. The lowest BCUT2D eigenvalue weighted by Gasteiger charge is -2.01. The van der Waals surface area contributed by atoms with E-state index in [9.17, 15) is 4.39 Å². The molecule has 0 aliphatic carbocycles. The van der Waals surface area contributed by atoms with E-state index in [1.807, 2.05) is 30.7 Å². The summed E-state index contributed by atoms with van der Waals surface area (Å²) < 4.78 is 13.8. The van der Waals surface area contributed by atoms with Gasteiger partial charge in [0.15, 0.2) is 0 Å². The molecular formula is C8H12FN. The molecule has 1 aromatic rings. The van der Waals surface area contributed by atoms with Gasteiger partial charge in [0.05, 0.1) is 6.54 Å². The lowest BCUT2D eigenvalue weighted by atomic mass is 10.3. The van der Waals surface area contributed by atoms with Gasteiger partial charge in [0, 0.05) is 11.9 Å². The Labute approximate surface area is 60.5 Å². The summed E-state index contributed by atoms with van der Waals surface area (Å²) in [7, 11) is 0. The Bertz CT molecular complexity index is 215. The van der Waals surface area contributed by atoms with Gasteiger partial charge < -0.3 is 4.57 Å². The van der Waals surface area contributed by atoms with E-state index in [0.717, 1.165) is 5.69 Å². The Hall–Kier alpha value is -0.790. The van der Waals surface area contributed by atoms with Gasteiger partial charge in [0.1, 0.15) is 6.67 Å². The van der Waals surface area contributed by atoms with Gasteiger partial charge in [-0.2, -0.15) is 0 Å². The Morgan fingerprint density at radius 1 is 1.50 bits per heavy atom. The first-order chi connectivity index (χ1) is 4.75. The predicted octanol–water partition coefficient (Wildman–Crippen LogP) is 2.07. The van der Waals surface area contributed by atoms with Crippen LogP contribution in [0.5, 0.6) is 0 Å². The lowest BCUT2D eigenvalue weighted by molar-refractivity contribution is 0.443. The van der Waals surface area contributed by atoms with Crippen molar-refractivity contribution < 1.29 is 4.39 Å². The zero-order chi connectivity index (χ0) is 7.56. The summed E-state index contributed by atoms with van der Waals surface area (Å²) in [6, 6.07) is 2.00. The van der Waals surface area contributed by atoms with Crippen LogP contribution in [0.3, 0.4) is 0 Å². The lowest BCUT2D eigenvalue weighted by Crippen LogP contribution is -1.99. The van der Waals surface area contributed by atoms with Gasteiger partial charge in [0.25, 0.3) is 0 Å². The summed E-state index contributed by atoms with van der Waals surface area (Å²) in [5.74, 6) is 0. The minimum absolute atomic E-state index is 0.283. The molecule has 0 atom stereocenters. The van der Waals surface area contributed by atoms with Crippen molar-refractivity contribution in [3.05, 3.63) is 23.5 Å². The van der Waals surface area contributed by atoms with Crippen molar-refractivity contribution in [2.24, 2.45) is 0 Å². The van der Waals surface area contributed by atoms with Crippen molar-refractivity contribution in [3.63, 3.8) is 0 Å². The van der Waals surface area contributed by atoms with Crippen molar-refractivity contribution in [1.82, 2.24) is 4.57 Å². The molecule has 0 radical (unpaired) electrons. The van der Waals surface area contributed by atoms with Crippen LogP contribution in [0.25, 0.3) is 0 Å². The second kappa shape index (κ2) is 2.86. The van der Waals surface area contributed by atoms with Crippen LogP contribution >= 0.6 is 0 Å². The number of aromatic nitrogens is 1. The molecule has 2 heteroatoms. The van der Waals surface area contributed by atoms with Crippen molar-refractivity contribution in [2.75, 3.05) is 6.67 Å². The number of aryl methyl sites for hydroxylation is 2. The second-order valence-electron chi connectivity index (χ2n) is 2.47. The molecule has 0 saturated carbocycles. The van der Waals surface area contributed by atoms with Crippen LogP contribution in [0.1, 0.15) is 11.3 Å². The highest BCUT2D eigenvalue weighted by molar-refractivity contribution is 5.18. The van der Waals surface area contributed by atoms with E-state index in [4.69, 9.17) is 0 Å². The smallest absolute Gasteiger partial charge is 0.107 e. The van der Waals surface area contributed by atoms with E-state index >= 15 is 0 Å². The first-order valence-corrected chi connectivity index (χ1v) is 3.44. The molecule has 1 aromatic heterocycles. The minimum atomic E-state index is -0.283. The largest absolute Gasteiger partial charge is 0.349 e. The Morgan fingerprint density at radius 3 is 2.60 bits per heavy atom. The number of hydrogen-bond donors (Lipinski definition) is 0. The molecule has 0 amide bonds. The SMILES string of the molecule is Cc1ccn(CCF)c1C. The number of nitrogens with zero attached hydrogens (tertiary/aromatic N) is 1. The Morgan fingerprint density at radius 2 is 2.20 bits per heavy atom. The van der Waals surface area contributed by atoms with Gasteiger partial charge in [-0.05, 0) is 25.5 Å². The highest BCUT2D eigenvalue weighted by Gasteiger charge is 1.97. The molecule has 1 heterocycles. The number of halogens is 1. The summed E-state index contributed by atoms with van der Waals surface area (Å²) in [5, 5.41) is 0. The molecular weight excluding hydrogens is 129 g/mol. The molecule has 0 bridgehead atoms. The molecule has 10 heavy (non-hydrogen) atoms. The fourth-order valence-electron chi connectivity index (χ4n) is 0.994. The van der Waals surface area contributed by atoms with Crippen LogP contribution in [-0.4, -0.2) is 11.2 Å². The fourth-order valence-corrected chi connectivity index (χ4v) is 0.994. The van der Waals surface area contributed by atoms with E-state index in [-0.39, 0.29) is 6.67 Å². The van der Waals surface area contributed by atoms with Gasteiger partial charge in [-0.15, -0.1) is 0 Å². The summed E-state index contributed by atoms with van der Waals surface area (Å²) >= 11 is 0. The standard InChI is InChI=1S/C8H12FN/c1-7-3-5-10(6-4-9)8(7)2/h3,5H,4,6H2,1-2H3. The highest BCUT2D eigenvalue weighted by atomic mass is 19.1. The molecule has 0 unspecified atom stereocenters. The third-order valence-corrected chi connectivity index (χ3v) is 1.83. The zero-order valence-corrected chi connectivity index (χ0v) is 6.39. The van der Waals surface area contributed by atoms with E-state index in [1.54, 1.807) is 0 Å². The molecule has 0 aromatic carbocycles. The van der Waals surface area contributed by atoms with Crippen LogP contribution in [0.2, 0.25) is 0 Å². The number of alkyl halides is 1. The van der Waals surface area contributed by atoms with Crippen molar-refractivity contribution >= 4 is 0 Å². The summed E-state index contributed by atoms with van der Waals surface area (Å²) in [6.07, 6.45) is 1.92. The molecule has 0 saturated heterocycles. The third-order valence-electron chi connectivity index (χ3n) is 1.83. The maximum Gasteiger partial charge on any atom is 0.107 e. The van der Waals surface area contributed by atoms with Gasteiger partial charge in [-0.1, -0.05) is 0 Å². The topological polar surface area (TPSA) is 4.93 Å². The van der Waals surface area contributed by atoms with Gasteiger partial charge >= 0.3 is 0 Å². The van der Waals surface area contributed by atoms with Crippen molar-refractivity contribution in [3.8, 4) is 0 Å². The molecule has 0 aliphatic rings. The maximum absolute atomic E-state index is 11.8. The van der Waals surface area contributed by atoms with Crippen LogP contribution in [0, 0.1) is 13.8 Å². The second-order valence-corrected chi connectivity index (χ2v) is 2.47. The average molecular weight is 141 g/mol. The molecule has 0 N–H and O–H groups in total. The average Bonchev–Trinajstić information content (AvgIpc) is 2.20. The minimum Gasteiger partial charge on any atom is -0.349 e. The van der Waals surface area contributed by atoms with E-state index in [1.165, 1.54) is 5.56 Å². The Kier molecular flexibility index (Phi) is 2.10. The number of hydrogen-bond acceptors (Lipinski definition) is 0. The monoisotopic (exact) mass is 141 g/mol. The van der Waals surface area contributed by atoms with E-state index < -0.39 is 0 Å². The zero-order valence-electron chi connectivity index (χ0n) is 6.39.